The Hall–Kier alpha value is -1.58. The summed E-state index contributed by atoms with van der Waals surface area (Å²) in [5, 5.41) is 0. The molecule has 0 radical (unpaired) electrons. The fourth-order valence-corrected chi connectivity index (χ4v) is 1.12. The lowest BCUT2D eigenvalue weighted by molar-refractivity contribution is 0.619. The number of aromatic nitrogens is 1. The van der Waals surface area contributed by atoms with Gasteiger partial charge in [-0.25, -0.2) is 4.39 Å². The maximum atomic E-state index is 13.0. The minimum Gasteiger partial charge on any atom is -0.423 e. The highest BCUT2D eigenvalue weighted by Crippen LogP contribution is 2.22. The summed E-state index contributed by atoms with van der Waals surface area (Å²) in [4.78, 5) is 3.71. The Bertz CT molecular complexity index is 398. The highest BCUT2D eigenvalue weighted by molar-refractivity contribution is 5.78. The molecule has 0 aliphatic rings. The summed E-state index contributed by atoms with van der Waals surface area (Å²) in [5.74, 6) is -0.406. The molecule has 0 bridgehead atoms. The van der Waals surface area contributed by atoms with Crippen LogP contribution in [-0.2, 0) is 0 Å². The van der Waals surface area contributed by atoms with Crippen molar-refractivity contribution in [1.82, 2.24) is 4.98 Å². The molecular weight excluding hydrogens is 183 g/mol. The van der Waals surface area contributed by atoms with Gasteiger partial charge < -0.3 is 10.2 Å². The van der Waals surface area contributed by atoms with Crippen LogP contribution >= 0.6 is 0 Å². The molecule has 0 saturated carbocycles. The number of anilines is 1. The molecule has 0 amide bonds. The number of aryl methyl sites for hydroxylation is 1. The first-order valence-electron chi connectivity index (χ1n) is 4.49. The molecule has 2 N–H and O–H groups in total. The lowest BCUT2D eigenvalue weighted by Crippen LogP contribution is -1.82. The Morgan fingerprint density at radius 3 is 2.57 bits per heavy atom. The summed E-state index contributed by atoms with van der Waals surface area (Å²) < 4.78 is 18.0. The van der Waals surface area contributed by atoms with Gasteiger partial charge in [-0.2, -0.15) is 4.98 Å². The lowest BCUT2D eigenvalue weighted by Gasteiger charge is -1.92. The minimum atomic E-state index is -0.406. The third-order valence-electron chi connectivity index (χ3n) is 1.71. The average Bonchev–Trinajstić information content (AvgIpc) is 2.58. The smallest absolute Gasteiger partial charge is 0.293 e. The third kappa shape index (κ3) is 1.69. The Kier molecular flexibility index (Phi) is 3.06. The molecule has 0 aliphatic heterocycles. The van der Waals surface area contributed by atoms with E-state index in [1.54, 1.807) is 6.07 Å². The summed E-state index contributed by atoms with van der Waals surface area (Å²) in [7, 11) is 0. The molecule has 3 nitrogen and oxygen atoms in total. The van der Waals surface area contributed by atoms with Gasteiger partial charge in [0.15, 0.2) is 11.4 Å². The Labute approximate surface area is 81.7 Å². The number of nitrogens with two attached hydrogens (primary N) is 1. The van der Waals surface area contributed by atoms with E-state index >= 15 is 0 Å². The van der Waals surface area contributed by atoms with Crippen LogP contribution in [-0.4, -0.2) is 4.98 Å². The van der Waals surface area contributed by atoms with Crippen LogP contribution in [0.25, 0.3) is 11.1 Å². The van der Waals surface area contributed by atoms with E-state index in [0.717, 1.165) is 5.56 Å². The van der Waals surface area contributed by atoms with Crippen molar-refractivity contribution in [3.63, 3.8) is 0 Å². The Balaban J connectivity index is 0.000000461. The van der Waals surface area contributed by atoms with E-state index in [1.165, 1.54) is 6.07 Å². The molecule has 0 saturated heterocycles. The van der Waals surface area contributed by atoms with E-state index in [-0.39, 0.29) is 11.5 Å². The number of rotatable bonds is 0. The van der Waals surface area contributed by atoms with Crippen molar-refractivity contribution in [1.29, 1.82) is 0 Å². The van der Waals surface area contributed by atoms with Gasteiger partial charge in [-0.3, -0.25) is 0 Å². The fourth-order valence-electron chi connectivity index (χ4n) is 1.12. The fraction of sp³-hybridized carbons (Fsp3) is 0.300. The molecule has 0 fully saturated rings. The van der Waals surface area contributed by atoms with Gasteiger partial charge in [0.25, 0.3) is 6.01 Å². The number of halogens is 1. The predicted octanol–water partition coefficient (Wildman–Crippen LogP) is 2.88. The van der Waals surface area contributed by atoms with Crippen molar-refractivity contribution in [2.75, 3.05) is 5.73 Å². The van der Waals surface area contributed by atoms with Crippen LogP contribution < -0.4 is 5.73 Å². The molecule has 0 spiro atoms. The first-order chi connectivity index (χ1) is 6.68. The van der Waals surface area contributed by atoms with E-state index in [9.17, 15) is 4.39 Å². The van der Waals surface area contributed by atoms with E-state index < -0.39 is 5.82 Å². The second kappa shape index (κ2) is 4.09. The number of hydrogen-bond acceptors (Lipinski definition) is 3. The number of fused-ring (bicyclic) bond motifs is 1. The van der Waals surface area contributed by atoms with E-state index in [2.05, 4.69) is 4.98 Å². The van der Waals surface area contributed by atoms with Crippen LogP contribution in [0, 0.1) is 12.7 Å². The van der Waals surface area contributed by atoms with Gasteiger partial charge in [0.05, 0.1) is 0 Å². The summed E-state index contributed by atoms with van der Waals surface area (Å²) >= 11 is 0. The zero-order valence-corrected chi connectivity index (χ0v) is 8.47. The largest absolute Gasteiger partial charge is 0.423 e. The van der Waals surface area contributed by atoms with Crippen molar-refractivity contribution >= 4 is 17.1 Å². The SMILES string of the molecule is CC.Cc1ccc(F)c2nc(N)oc12. The molecule has 2 aromatic rings. The van der Waals surface area contributed by atoms with Gasteiger partial charge in [0.2, 0.25) is 0 Å². The van der Waals surface area contributed by atoms with Crippen molar-refractivity contribution in [3.05, 3.63) is 23.5 Å². The van der Waals surface area contributed by atoms with Crippen LogP contribution in [0.4, 0.5) is 10.4 Å². The summed E-state index contributed by atoms with van der Waals surface area (Å²) in [6.45, 7) is 5.81. The van der Waals surface area contributed by atoms with Gasteiger partial charge in [-0.05, 0) is 18.6 Å². The standard InChI is InChI=1S/C8H7FN2O.C2H6/c1-4-2-3-5(9)6-7(4)12-8(10)11-6;1-2/h2-3H,1H3,(H2,10,11);1-2H3. The number of benzene rings is 1. The van der Waals surface area contributed by atoms with Crippen molar-refractivity contribution < 1.29 is 8.81 Å². The molecule has 2 rings (SSSR count). The van der Waals surface area contributed by atoms with Crippen LogP contribution in [0.5, 0.6) is 0 Å². The minimum absolute atomic E-state index is 0.00167. The summed E-state index contributed by atoms with van der Waals surface area (Å²) in [6, 6.07) is 2.97. The first-order valence-corrected chi connectivity index (χ1v) is 4.49. The predicted molar refractivity (Wildman–Crippen MR) is 54.5 cm³/mol. The molecule has 1 heterocycles. The third-order valence-corrected chi connectivity index (χ3v) is 1.71. The topological polar surface area (TPSA) is 52.0 Å². The number of nitrogen functional groups attached to an aromatic ring is 1. The van der Waals surface area contributed by atoms with Gasteiger partial charge in [-0.15, -0.1) is 0 Å². The normalized spacial score (nSPS) is 9.71. The van der Waals surface area contributed by atoms with Gasteiger partial charge in [0, 0.05) is 0 Å². The van der Waals surface area contributed by atoms with Gasteiger partial charge in [-0.1, -0.05) is 19.9 Å². The number of nitrogens with zero attached hydrogens (tertiary/aromatic N) is 1. The van der Waals surface area contributed by atoms with E-state index in [4.69, 9.17) is 10.2 Å². The average molecular weight is 196 g/mol. The highest BCUT2D eigenvalue weighted by Gasteiger charge is 2.09. The molecule has 0 aliphatic carbocycles. The van der Waals surface area contributed by atoms with Gasteiger partial charge >= 0.3 is 0 Å². The lowest BCUT2D eigenvalue weighted by atomic mass is 10.2. The zero-order valence-electron chi connectivity index (χ0n) is 8.47. The number of hydrogen-bond donors (Lipinski definition) is 1. The Morgan fingerprint density at radius 2 is 2.00 bits per heavy atom. The van der Waals surface area contributed by atoms with Crippen molar-refractivity contribution in [2.45, 2.75) is 20.8 Å². The molecule has 76 valence electrons. The summed E-state index contributed by atoms with van der Waals surface area (Å²) in [5.41, 5.74) is 6.74. The van der Waals surface area contributed by atoms with Crippen LogP contribution in [0.1, 0.15) is 19.4 Å². The molecular formula is C10H13FN2O. The maximum absolute atomic E-state index is 13.0. The second-order valence-electron chi connectivity index (χ2n) is 2.59. The number of oxazole rings is 1. The molecule has 1 aromatic heterocycles. The van der Waals surface area contributed by atoms with Crippen LogP contribution in [0.2, 0.25) is 0 Å². The quantitative estimate of drug-likeness (QED) is 0.704. The van der Waals surface area contributed by atoms with Crippen molar-refractivity contribution in [2.24, 2.45) is 0 Å². The molecule has 1 aromatic carbocycles. The molecule has 0 unspecified atom stereocenters. The summed E-state index contributed by atoms with van der Waals surface area (Å²) in [6.07, 6.45) is 0. The van der Waals surface area contributed by atoms with E-state index in [1.807, 2.05) is 20.8 Å². The second-order valence-corrected chi connectivity index (χ2v) is 2.59. The van der Waals surface area contributed by atoms with Crippen LogP contribution in [0.3, 0.4) is 0 Å². The monoisotopic (exact) mass is 196 g/mol. The maximum Gasteiger partial charge on any atom is 0.293 e. The van der Waals surface area contributed by atoms with Crippen LogP contribution in [0.15, 0.2) is 16.5 Å². The highest BCUT2D eigenvalue weighted by atomic mass is 19.1. The van der Waals surface area contributed by atoms with Gasteiger partial charge in [0.1, 0.15) is 5.52 Å². The molecule has 0 atom stereocenters. The molecule has 4 heteroatoms. The Morgan fingerprint density at radius 1 is 1.36 bits per heavy atom. The molecule has 14 heavy (non-hydrogen) atoms. The first kappa shape index (κ1) is 10.5. The zero-order chi connectivity index (χ0) is 10.7. The van der Waals surface area contributed by atoms with E-state index in [0.29, 0.717) is 5.58 Å². The van der Waals surface area contributed by atoms with Crippen molar-refractivity contribution in [3.8, 4) is 0 Å².